The molecule has 2 fully saturated rings. The zero-order chi connectivity index (χ0) is 14.9. The number of imidazole rings is 1. The Kier molecular flexibility index (Phi) is 3.36. The first-order chi connectivity index (χ1) is 10.8. The Hall–Kier alpha value is -2.24. The van der Waals surface area contributed by atoms with E-state index in [1.54, 1.807) is 0 Å². The van der Waals surface area contributed by atoms with E-state index >= 15 is 0 Å². The molecule has 116 valence electrons. The van der Waals surface area contributed by atoms with Crippen LogP contribution in [0.4, 0.5) is 10.7 Å². The number of nitrogens with zero attached hydrogens (tertiary/aromatic N) is 3. The summed E-state index contributed by atoms with van der Waals surface area (Å²) >= 11 is 0. The van der Waals surface area contributed by atoms with Crippen molar-refractivity contribution in [3.05, 3.63) is 24.3 Å². The fourth-order valence-corrected chi connectivity index (χ4v) is 3.47. The van der Waals surface area contributed by atoms with Crippen molar-refractivity contribution in [3.63, 3.8) is 0 Å². The van der Waals surface area contributed by atoms with Crippen molar-refractivity contribution in [2.45, 2.75) is 25.3 Å². The van der Waals surface area contributed by atoms with Gasteiger partial charge in [-0.25, -0.2) is 9.78 Å². The number of aromatic amines is 1. The average Bonchev–Trinajstić information content (AvgIpc) is 2.99. The number of para-hydroxylation sites is 2. The summed E-state index contributed by atoms with van der Waals surface area (Å²) in [6.07, 6.45) is 3.06. The lowest BCUT2D eigenvalue weighted by atomic mass is 10.0. The van der Waals surface area contributed by atoms with Crippen LogP contribution < -0.4 is 10.2 Å². The molecular weight excluding hydrogens is 278 g/mol. The number of amides is 2. The van der Waals surface area contributed by atoms with Crippen LogP contribution in [0.15, 0.2) is 24.3 Å². The number of aromatic nitrogens is 2. The molecule has 0 bridgehead atoms. The van der Waals surface area contributed by atoms with Crippen molar-refractivity contribution < 1.29 is 4.79 Å². The van der Waals surface area contributed by atoms with Crippen molar-refractivity contribution in [1.29, 1.82) is 0 Å². The van der Waals surface area contributed by atoms with E-state index in [4.69, 9.17) is 0 Å². The Balaban J connectivity index is 1.44. The number of carbonyl (C=O) groups excluding carboxylic acids is 1. The number of rotatable bonds is 2. The summed E-state index contributed by atoms with van der Waals surface area (Å²) in [5.41, 5.74) is 2.09. The van der Waals surface area contributed by atoms with Crippen LogP contribution in [0.25, 0.3) is 11.0 Å². The van der Waals surface area contributed by atoms with E-state index in [2.05, 4.69) is 26.3 Å². The summed E-state index contributed by atoms with van der Waals surface area (Å²) in [6, 6.07) is 8.57. The van der Waals surface area contributed by atoms with Gasteiger partial charge in [-0.2, -0.15) is 0 Å². The number of nitrogens with one attached hydrogen (secondary N) is 2. The van der Waals surface area contributed by atoms with Crippen molar-refractivity contribution in [1.82, 2.24) is 20.2 Å². The summed E-state index contributed by atoms with van der Waals surface area (Å²) < 4.78 is 0. The highest BCUT2D eigenvalue weighted by Gasteiger charge is 2.30. The molecule has 6 nitrogen and oxygen atoms in total. The number of fused-ring (bicyclic) bond motifs is 1. The van der Waals surface area contributed by atoms with Crippen molar-refractivity contribution in [2.24, 2.45) is 0 Å². The van der Waals surface area contributed by atoms with Gasteiger partial charge in [0.25, 0.3) is 0 Å². The van der Waals surface area contributed by atoms with Gasteiger partial charge in [-0.3, -0.25) is 0 Å². The standard InChI is InChI=1S/C16H21N5O/c22-16-17-8-3-9-21(16)12-6-10-20(11-7-12)15-18-13-4-1-2-5-14(13)19-15/h1-2,4-5,12H,3,6-11H2,(H,17,22)(H,18,19). The van der Waals surface area contributed by atoms with Gasteiger partial charge in [-0.1, -0.05) is 12.1 Å². The number of anilines is 1. The zero-order valence-electron chi connectivity index (χ0n) is 12.6. The molecule has 2 aliphatic heterocycles. The third-order valence-corrected chi connectivity index (χ3v) is 4.69. The first-order valence-corrected chi connectivity index (χ1v) is 8.05. The highest BCUT2D eigenvalue weighted by molar-refractivity contribution is 5.77. The number of H-pyrrole nitrogens is 1. The second-order valence-electron chi connectivity index (χ2n) is 6.07. The summed E-state index contributed by atoms with van der Waals surface area (Å²) in [7, 11) is 0. The number of piperidine rings is 1. The van der Waals surface area contributed by atoms with E-state index in [0.29, 0.717) is 6.04 Å². The minimum atomic E-state index is 0.105. The first-order valence-electron chi connectivity index (χ1n) is 8.05. The molecule has 0 spiro atoms. The molecule has 2 amide bonds. The van der Waals surface area contributed by atoms with E-state index in [-0.39, 0.29) is 6.03 Å². The Labute approximate surface area is 129 Å². The topological polar surface area (TPSA) is 64.3 Å². The van der Waals surface area contributed by atoms with Crippen molar-refractivity contribution in [3.8, 4) is 0 Å². The Morgan fingerprint density at radius 2 is 1.95 bits per heavy atom. The number of urea groups is 1. The Morgan fingerprint density at radius 3 is 2.73 bits per heavy atom. The van der Waals surface area contributed by atoms with Crippen LogP contribution in [0, 0.1) is 0 Å². The lowest BCUT2D eigenvalue weighted by Crippen LogP contribution is -2.54. The smallest absolute Gasteiger partial charge is 0.317 e. The molecule has 0 radical (unpaired) electrons. The number of hydrogen-bond donors (Lipinski definition) is 2. The van der Waals surface area contributed by atoms with E-state index in [9.17, 15) is 4.79 Å². The largest absolute Gasteiger partial charge is 0.342 e. The quantitative estimate of drug-likeness (QED) is 0.891. The first kappa shape index (κ1) is 13.4. The molecule has 0 aliphatic carbocycles. The van der Waals surface area contributed by atoms with Crippen LogP contribution in [0.5, 0.6) is 0 Å². The van der Waals surface area contributed by atoms with E-state index in [1.807, 2.05) is 23.1 Å². The molecule has 2 N–H and O–H groups in total. The van der Waals surface area contributed by atoms with Crippen LogP contribution >= 0.6 is 0 Å². The van der Waals surface area contributed by atoms with Gasteiger partial charge < -0.3 is 20.1 Å². The minimum absolute atomic E-state index is 0.105. The third-order valence-electron chi connectivity index (χ3n) is 4.69. The fraction of sp³-hybridized carbons (Fsp3) is 0.500. The second-order valence-corrected chi connectivity index (χ2v) is 6.07. The predicted octanol–water partition coefficient (Wildman–Crippen LogP) is 1.95. The maximum atomic E-state index is 11.9. The highest BCUT2D eigenvalue weighted by Crippen LogP contribution is 2.23. The molecule has 1 aromatic carbocycles. The SMILES string of the molecule is O=C1NCCCN1C1CCN(c2nc3ccccc3[nH]2)CC1. The minimum Gasteiger partial charge on any atom is -0.342 e. The molecule has 0 saturated carbocycles. The molecule has 2 aliphatic rings. The van der Waals surface area contributed by atoms with Gasteiger partial charge in [0.1, 0.15) is 0 Å². The molecule has 1 aromatic heterocycles. The van der Waals surface area contributed by atoms with Gasteiger partial charge in [-0.05, 0) is 31.4 Å². The summed E-state index contributed by atoms with van der Waals surface area (Å²) in [4.78, 5) is 24.3. The van der Waals surface area contributed by atoms with Gasteiger partial charge >= 0.3 is 6.03 Å². The highest BCUT2D eigenvalue weighted by atomic mass is 16.2. The number of benzene rings is 1. The van der Waals surface area contributed by atoms with Gasteiger partial charge in [0.15, 0.2) is 0 Å². The Bertz CT molecular complexity index is 641. The van der Waals surface area contributed by atoms with Crippen LogP contribution in [-0.4, -0.2) is 53.1 Å². The van der Waals surface area contributed by atoms with Crippen LogP contribution in [0.2, 0.25) is 0 Å². The molecule has 22 heavy (non-hydrogen) atoms. The maximum Gasteiger partial charge on any atom is 0.317 e. The van der Waals surface area contributed by atoms with Gasteiger partial charge in [-0.15, -0.1) is 0 Å². The summed E-state index contributed by atoms with van der Waals surface area (Å²) in [5.74, 6) is 0.947. The molecule has 4 rings (SSSR count). The van der Waals surface area contributed by atoms with Crippen molar-refractivity contribution >= 4 is 23.0 Å². The van der Waals surface area contributed by atoms with E-state index in [1.165, 1.54) is 0 Å². The van der Waals surface area contributed by atoms with E-state index < -0.39 is 0 Å². The Morgan fingerprint density at radius 1 is 1.14 bits per heavy atom. The zero-order valence-corrected chi connectivity index (χ0v) is 12.6. The van der Waals surface area contributed by atoms with Crippen LogP contribution in [-0.2, 0) is 0 Å². The summed E-state index contributed by atoms with van der Waals surface area (Å²) in [5, 5.41) is 2.94. The number of carbonyl (C=O) groups is 1. The van der Waals surface area contributed by atoms with Gasteiger partial charge in [0, 0.05) is 32.2 Å². The molecule has 0 unspecified atom stereocenters. The van der Waals surface area contributed by atoms with Crippen LogP contribution in [0.1, 0.15) is 19.3 Å². The summed E-state index contributed by atoms with van der Waals surface area (Å²) in [6.45, 7) is 3.58. The fourth-order valence-electron chi connectivity index (χ4n) is 3.47. The predicted molar refractivity (Wildman–Crippen MR) is 86.1 cm³/mol. The lowest BCUT2D eigenvalue weighted by Gasteiger charge is -2.40. The molecule has 2 aromatic rings. The average molecular weight is 299 g/mol. The number of hydrogen-bond acceptors (Lipinski definition) is 3. The second kappa shape index (κ2) is 5.51. The van der Waals surface area contributed by atoms with Crippen molar-refractivity contribution in [2.75, 3.05) is 31.1 Å². The molecule has 3 heterocycles. The maximum absolute atomic E-state index is 11.9. The third kappa shape index (κ3) is 2.38. The van der Waals surface area contributed by atoms with Crippen LogP contribution in [0.3, 0.4) is 0 Å². The monoisotopic (exact) mass is 299 g/mol. The molecule has 2 saturated heterocycles. The van der Waals surface area contributed by atoms with Gasteiger partial charge in [0.2, 0.25) is 5.95 Å². The van der Waals surface area contributed by atoms with E-state index in [0.717, 1.165) is 62.4 Å². The lowest BCUT2D eigenvalue weighted by molar-refractivity contribution is 0.149. The molecular formula is C16H21N5O. The molecule has 6 heteroatoms. The molecule has 0 atom stereocenters. The van der Waals surface area contributed by atoms with Gasteiger partial charge in [0.05, 0.1) is 11.0 Å². The normalized spacial score (nSPS) is 20.5.